The molecule has 1 aromatic carbocycles. The maximum atomic E-state index is 12.4. The number of carbonyl (C=O) groups excluding carboxylic acids is 1. The Kier molecular flexibility index (Phi) is 5.87. The van der Waals surface area contributed by atoms with Crippen molar-refractivity contribution in [3.8, 4) is 0 Å². The third-order valence-corrected chi connectivity index (χ3v) is 6.71. The number of hydrogen-bond acceptors (Lipinski definition) is 4. The molecule has 3 rings (SSSR count). The molecule has 0 saturated heterocycles. The van der Waals surface area contributed by atoms with Crippen molar-refractivity contribution in [2.45, 2.75) is 52.4 Å². The molecule has 6 nitrogen and oxygen atoms in total. The van der Waals surface area contributed by atoms with Gasteiger partial charge in [0.25, 0.3) is 0 Å². The highest BCUT2D eigenvalue weighted by atomic mass is 32.2. The van der Waals surface area contributed by atoms with Gasteiger partial charge in [0.2, 0.25) is 10.0 Å². The van der Waals surface area contributed by atoms with Crippen LogP contribution in [-0.2, 0) is 35.7 Å². The zero-order valence-electron chi connectivity index (χ0n) is 15.7. The highest BCUT2D eigenvalue weighted by Crippen LogP contribution is 2.38. The first-order valence-corrected chi connectivity index (χ1v) is 11.2. The average molecular weight is 380 g/mol. The van der Waals surface area contributed by atoms with Gasteiger partial charge in [-0.15, -0.1) is 0 Å². The van der Waals surface area contributed by atoms with Crippen LogP contribution in [0.15, 0.2) is 6.07 Å². The Hall–Kier alpha value is -1.60. The minimum atomic E-state index is -3.66. The fourth-order valence-corrected chi connectivity index (χ4v) is 5.40. The summed E-state index contributed by atoms with van der Waals surface area (Å²) in [7, 11) is -3.66. The number of nitrogens with one attached hydrogen (secondary N) is 3. The minimum Gasteiger partial charge on any atom is -0.317 e. The molecule has 2 aliphatic carbocycles. The molecule has 0 heterocycles. The standard InChI is InChI=1S/C19H29N3O3S/c1-3-20-11-13(2)12-26(24,25)22-19(23)21-18-16-8-4-6-14(16)10-15-7-5-9-17(15)18/h10,13,20H,3-9,11-12H2,1-2H3,(H2,21,22,23). The maximum absolute atomic E-state index is 12.4. The van der Waals surface area contributed by atoms with E-state index in [1.165, 1.54) is 22.3 Å². The number of aryl methyl sites for hydroxylation is 2. The Morgan fingerprint density at radius 1 is 1.12 bits per heavy atom. The summed E-state index contributed by atoms with van der Waals surface area (Å²) in [5.74, 6) is -0.135. The van der Waals surface area contributed by atoms with Gasteiger partial charge in [0.05, 0.1) is 5.75 Å². The van der Waals surface area contributed by atoms with Crippen LogP contribution in [0.1, 0.15) is 48.9 Å². The Labute approximate surface area is 156 Å². The number of hydrogen-bond donors (Lipinski definition) is 3. The van der Waals surface area contributed by atoms with Gasteiger partial charge in [-0.05, 0) is 79.8 Å². The van der Waals surface area contributed by atoms with Crippen LogP contribution in [0.3, 0.4) is 0 Å². The van der Waals surface area contributed by atoms with Crippen molar-refractivity contribution in [2.24, 2.45) is 5.92 Å². The Balaban J connectivity index is 1.69. The molecule has 0 saturated carbocycles. The molecule has 0 radical (unpaired) electrons. The van der Waals surface area contributed by atoms with Gasteiger partial charge in [-0.3, -0.25) is 0 Å². The van der Waals surface area contributed by atoms with E-state index < -0.39 is 16.1 Å². The van der Waals surface area contributed by atoms with Crippen molar-refractivity contribution in [3.05, 3.63) is 28.3 Å². The first kappa shape index (κ1) is 19.2. The molecular weight excluding hydrogens is 350 g/mol. The van der Waals surface area contributed by atoms with E-state index in [1.807, 2.05) is 13.8 Å². The molecule has 3 N–H and O–H groups in total. The van der Waals surface area contributed by atoms with Crippen LogP contribution >= 0.6 is 0 Å². The van der Waals surface area contributed by atoms with Crippen LogP contribution < -0.4 is 15.4 Å². The molecule has 0 aromatic heterocycles. The van der Waals surface area contributed by atoms with Crippen LogP contribution in [0.5, 0.6) is 0 Å². The first-order valence-electron chi connectivity index (χ1n) is 9.58. The van der Waals surface area contributed by atoms with Gasteiger partial charge >= 0.3 is 6.03 Å². The summed E-state index contributed by atoms with van der Waals surface area (Å²) in [4.78, 5) is 12.4. The molecule has 144 valence electrons. The van der Waals surface area contributed by atoms with E-state index >= 15 is 0 Å². The van der Waals surface area contributed by atoms with Crippen molar-refractivity contribution < 1.29 is 13.2 Å². The summed E-state index contributed by atoms with van der Waals surface area (Å²) in [5, 5.41) is 6.00. The smallest absolute Gasteiger partial charge is 0.317 e. The molecule has 1 aromatic rings. The predicted molar refractivity (Wildman–Crippen MR) is 104 cm³/mol. The quantitative estimate of drug-likeness (QED) is 0.679. The third-order valence-electron chi connectivity index (χ3n) is 5.21. The van der Waals surface area contributed by atoms with E-state index in [-0.39, 0.29) is 11.7 Å². The number of sulfonamides is 1. The third kappa shape index (κ3) is 4.38. The van der Waals surface area contributed by atoms with Gasteiger partial charge in [0.15, 0.2) is 0 Å². The second kappa shape index (κ2) is 7.96. The molecule has 0 fully saturated rings. The van der Waals surface area contributed by atoms with Crippen molar-refractivity contribution in [3.63, 3.8) is 0 Å². The summed E-state index contributed by atoms with van der Waals surface area (Å²) in [5.41, 5.74) is 5.87. The molecular formula is C19H29N3O3S. The molecule has 1 unspecified atom stereocenters. The van der Waals surface area contributed by atoms with E-state index in [1.54, 1.807) is 0 Å². The highest BCUT2D eigenvalue weighted by molar-refractivity contribution is 7.90. The number of anilines is 1. The van der Waals surface area contributed by atoms with Crippen LogP contribution in [0.25, 0.3) is 0 Å². The van der Waals surface area contributed by atoms with E-state index in [4.69, 9.17) is 0 Å². The van der Waals surface area contributed by atoms with Crippen LogP contribution in [0.2, 0.25) is 0 Å². The largest absolute Gasteiger partial charge is 0.332 e. The summed E-state index contributed by atoms with van der Waals surface area (Å²) >= 11 is 0. The average Bonchev–Trinajstić information content (AvgIpc) is 3.20. The summed E-state index contributed by atoms with van der Waals surface area (Å²) in [6, 6.07) is 1.64. The Bertz CT molecular complexity index is 757. The lowest BCUT2D eigenvalue weighted by atomic mass is 9.99. The number of benzene rings is 1. The molecule has 26 heavy (non-hydrogen) atoms. The lowest BCUT2D eigenvalue weighted by Crippen LogP contribution is -2.39. The number of urea groups is 1. The number of fused-ring (bicyclic) bond motifs is 2. The van der Waals surface area contributed by atoms with Crippen molar-refractivity contribution in [2.75, 3.05) is 24.2 Å². The van der Waals surface area contributed by atoms with Crippen molar-refractivity contribution in [1.82, 2.24) is 10.0 Å². The van der Waals surface area contributed by atoms with Gasteiger partial charge < -0.3 is 10.6 Å². The number of carbonyl (C=O) groups is 1. The first-order chi connectivity index (χ1) is 12.4. The maximum Gasteiger partial charge on any atom is 0.332 e. The summed E-state index contributed by atoms with van der Waals surface area (Å²) in [6.45, 7) is 5.24. The molecule has 2 amide bonds. The van der Waals surface area contributed by atoms with Crippen LogP contribution in [0.4, 0.5) is 10.5 Å². The summed E-state index contributed by atoms with van der Waals surface area (Å²) < 4.78 is 26.7. The molecule has 0 bridgehead atoms. The highest BCUT2D eigenvalue weighted by Gasteiger charge is 2.26. The zero-order chi connectivity index (χ0) is 18.7. The van der Waals surface area contributed by atoms with Crippen molar-refractivity contribution in [1.29, 1.82) is 0 Å². The monoisotopic (exact) mass is 379 g/mol. The summed E-state index contributed by atoms with van der Waals surface area (Å²) in [6.07, 6.45) is 6.16. The second-order valence-corrected chi connectivity index (χ2v) is 9.25. The van der Waals surface area contributed by atoms with Gasteiger partial charge in [-0.25, -0.2) is 17.9 Å². The van der Waals surface area contributed by atoms with Gasteiger partial charge in [0.1, 0.15) is 0 Å². The molecule has 0 aliphatic heterocycles. The fraction of sp³-hybridized carbons (Fsp3) is 0.632. The molecule has 0 spiro atoms. The molecule has 7 heteroatoms. The van der Waals surface area contributed by atoms with Crippen LogP contribution in [0, 0.1) is 5.92 Å². The lowest BCUT2D eigenvalue weighted by Gasteiger charge is -2.17. The van der Waals surface area contributed by atoms with E-state index in [0.29, 0.717) is 6.54 Å². The van der Waals surface area contributed by atoms with E-state index in [2.05, 4.69) is 21.4 Å². The second-order valence-electron chi connectivity index (χ2n) is 7.48. The Morgan fingerprint density at radius 3 is 2.31 bits per heavy atom. The van der Waals surface area contributed by atoms with Crippen LogP contribution in [-0.4, -0.2) is 33.3 Å². The normalized spacial score (nSPS) is 16.8. The van der Waals surface area contributed by atoms with Crippen molar-refractivity contribution >= 4 is 21.7 Å². The zero-order valence-corrected chi connectivity index (χ0v) is 16.5. The predicted octanol–water partition coefficient (Wildman–Crippen LogP) is 2.36. The molecule has 1 atom stereocenters. The van der Waals surface area contributed by atoms with Gasteiger partial charge in [0, 0.05) is 5.69 Å². The topological polar surface area (TPSA) is 87.3 Å². The SMILES string of the molecule is CCNCC(C)CS(=O)(=O)NC(=O)Nc1c2c(cc3c1CCC3)CCC2. The van der Waals surface area contributed by atoms with Gasteiger partial charge in [-0.1, -0.05) is 19.9 Å². The number of amides is 2. The fourth-order valence-electron chi connectivity index (χ4n) is 4.11. The lowest BCUT2D eigenvalue weighted by molar-refractivity contribution is 0.256. The minimum absolute atomic E-state index is 0.0644. The van der Waals surface area contributed by atoms with Gasteiger partial charge in [-0.2, -0.15) is 0 Å². The molecule has 2 aliphatic rings. The van der Waals surface area contributed by atoms with E-state index in [0.717, 1.165) is 50.8 Å². The van der Waals surface area contributed by atoms with E-state index in [9.17, 15) is 13.2 Å². The Morgan fingerprint density at radius 2 is 1.73 bits per heavy atom. The number of rotatable bonds is 7.